The highest BCUT2D eigenvalue weighted by molar-refractivity contribution is 5.92. The molecule has 0 bridgehead atoms. The number of likely N-dealkylation sites (N-methyl/N-ethyl adjacent to an activating group) is 1. The van der Waals surface area contributed by atoms with Gasteiger partial charge in [0.15, 0.2) is 0 Å². The van der Waals surface area contributed by atoms with E-state index in [1.165, 1.54) is 19.2 Å². The molecule has 1 atom stereocenters. The maximum absolute atomic E-state index is 13.0. The number of methoxy groups -OCH3 is 1. The predicted octanol–water partition coefficient (Wildman–Crippen LogP) is 1.90. The lowest BCUT2D eigenvalue weighted by Crippen LogP contribution is -2.48. The fourth-order valence-electron chi connectivity index (χ4n) is 1.85. The van der Waals surface area contributed by atoms with Crippen molar-refractivity contribution in [3.8, 4) is 5.75 Å². The molecule has 130 valence electrons. The van der Waals surface area contributed by atoms with Crippen LogP contribution in [0.5, 0.6) is 5.75 Å². The van der Waals surface area contributed by atoms with Crippen molar-refractivity contribution in [2.45, 2.75) is 19.1 Å². The summed E-state index contributed by atoms with van der Waals surface area (Å²) in [5, 5.41) is 5.13. The van der Waals surface area contributed by atoms with Gasteiger partial charge in [-0.25, -0.2) is 4.79 Å². The zero-order valence-electron chi connectivity index (χ0n) is 13.3. The van der Waals surface area contributed by atoms with Crippen LogP contribution < -0.4 is 15.4 Å². The summed E-state index contributed by atoms with van der Waals surface area (Å²) in [4.78, 5) is 11.7. The Hall–Kier alpha value is -1.80. The van der Waals surface area contributed by atoms with E-state index < -0.39 is 24.8 Å². The standard InChI is InChI=1S/C15H21F3N2O3/c1-10-4-5-12(11(8-10)14(21)22-3)23-9-13(15(16,17)18)20-7-6-19-2/h4-5,8,13,19-20H,6-7,9H2,1-3H3. The Bertz CT molecular complexity index is 521. The largest absolute Gasteiger partial charge is 0.491 e. The zero-order valence-corrected chi connectivity index (χ0v) is 13.3. The lowest BCUT2D eigenvalue weighted by molar-refractivity contribution is -0.161. The second-order valence-corrected chi connectivity index (χ2v) is 4.95. The SMILES string of the molecule is CNCCNC(COc1ccc(C)cc1C(=O)OC)C(F)(F)F. The molecule has 0 spiro atoms. The van der Waals surface area contributed by atoms with Crippen LogP contribution in [0.15, 0.2) is 18.2 Å². The topological polar surface area (TPSA) is 59.6 Å². The van der Waals surface area contributed by atoms with Crippen LogP contribution in [0.3, 0.4) is 0 Å². The van der Waals surface area contributed by atoms with E-state index in [2.05, 4.69) is 15.4 Å². The number of rotatable bonds is 8. The molecular formula is C15H21F3N2O3. The molecule has 5 nitrogen and oxygen atoms in total. The van der Waals surface area contributed by atoms with Gasteiger partial charge in [-0.15, -0.1) is 0 Å². The molecule has 1 aromatic carbocycles. The number of carbonyl (C=O) groups is 1. The Balaban J connectivity index is 2.82. The number of carbonyl (C=O) groups excluding carboxylic acids is 1. The van der Waals surface area contributed by atoms with Gasteiger partial charge in [0.25, 0.3) is 0 Å². The highest BCUT2D eigenvalue weighted by Gasteiger charge is 2.40. The summed E-state index contributed by atoms with van der Waals surface area (Å²) in [6, 6.07) is 2.79. The Kier molecular flexibility index (Phi) is 7.31. The van der Waals surface area contributed by atoms with Crippen LogP contribution in [0, 0.1) is 6.92 Å². The number of hydrogen-bond acceptors (Lipinski definition) is 5. The van der Waals surface area contributed by atoms with E-state index in [9.17, 15) is 18.0 Å². The van der Waals surface area contributed by atoms with E-state index in [-0.39, 0.29) is 17.9 Å². The van der Waals surface area contributed by atoms with Gasteiger partial charge in [0.1, 0.15) is 24.0 Å². The highest BCUT2D eigenvalue weighted by Crippen LogP contribution is 2.24. The Morgan fingerprint density at radius 3 is 2.57 bits per heavy atom. The van der Waals surface area contributed by atoms with Gasteiger partial charge in [0.05, 0.1) is 7.11 Å². The molecule has 2 N–H and O–H groups in total. The van der Waals surface area contributed by atoms with Gasteiger partial charge in [-0.2, -0.15) is 13.2 Å². The minimum atomic E-state index is -4.45. The molecule has 0 aromatic heterocycles. The highest BCUT2D eigenvalue weighted by atomic mass is 19.4. The first-order valence-electron chi connectivity index (χ1n) is 7.06. The zero-order chi connectivity index (χ0) is 17.5. The summed E-state index contributed by atoms with van der Waals surface area (Å²) in [5.74, 6) is -0.595. The second kappa shape index (κ2) is 8.73. The first kappa shape index (κ1) is 19.2. The monoisotopic (exact) mass is 334 g/mol. The fourth-order valence-corrected chi connectivity index (χ4v) is 1.85. The van der Waals surface area contributed by atoms with E-state index >= 15 is 0 Å². The Morgan fingerprint density at radius 2 is 2.00 bits per heavy atom. The summed E-state index contributed by atoms with van der Waals surface area (Å²) in [6.07, 6.45) is -4.45. The molecular weight excluding hydrogens is 313 g/mol. The van der Waals surface area contributed by atoms with Crippen LogP contribution >= 0.6 is 0 Å². The quantitative estimate of drug-likeness (QED) is 0.562. The molecule has 1 aromatic rings. The smallest absolute Gasteiger partial charge is 0.407 e. The summed E-state index contributed by atoms with van der Waals surface area (Å²) < 4.78 is 48.8. The van der Waals surface area contributed by atoms with E-state index in [4.69, 9.17) is 4.74 Å². The van der Waals surface area contributed by atoms with Gasteiger partial charge < -0.3 is 20.1 Å². The fraction of sp³-hybridized carbons (Fsp3) is 0.533. The van der Waals surface area contributed by atoms with E-state index in [0.717, 1.165) is 5.56 Å². The van der Waals surface area contributed by atoms with E-state index in [1.54, 1.807) is 20.0 Å². The van der Waals surface area contributed by atoms with Gasteiger partial charge in [-0.1, -0.05) is 11.6 Å². The maximum Gasteiger partial charge on any atom is 0.407 e. The molecule has 0 aliphatic heterocycles. The van der Waals surface area contributed by atoms with E-state index in [0.29, 0.717) is 6.54 Å². The van der Waals surface area contributed by atoms with Crippen molar-refractivity contribution in [2.75, 3.05) is 33.9 Å². The average molecular weight is 334 g/mol. The molecule has 1 rings (SSSR count). The number of halogens is 3. The molecule has 0 radical (unpaired) electrons. The van der Waals surface area contributed by atoms with Crippen LogP contribution in [0.1, 0.15) is 15.9 Å². The Labute approximate surface area is 133 Å². The van der Waals surface area contributed by atoms with Gasteiger partial charge in [0, 0.05) is 13.1 Å². The van der Waals surface area contributed by atoms with Gasteiger partial charge in [0.2, 0.25) is 0 Å². The lowest BCUT2D eigenvalue weighted by atomic mass is 10.1. The van der Waals surface area contributed by atoms with Crippen molar-refractivity contribution in [3.05, 3.63) is 29.3 Å². The molecule has 8 heteroatoms. The lowest BCUT2D eigenvalue weighted by Gasteiger charge is -2.22. The van der Waals surface area contributed by atoms with Crippen LogP contribution in [0.4, 0.5) is 13.2 Å². The minimum Gasteiger partial charge on any atom is -0.491 e. The number of ether oxygens (including phenoxy) is 2. The van der Waals surface area contributed by atoms with Crippen LogP contribution in [-0.4, -0.2) is 52.0 Å². The third kappa shape index (κ3) is 6.07. The third-order valence-corrected chi connectivity index (χ3v) is 3.11. The first-order valence-corrected chi connectivity index (χ1v) is 7.06. The molecule has 23 heavy (non-hydrogen) atoms. The number of hydrogen-bond donors (Lipinski definition) is 2. The summed E-state index contributed by atoms with van der Waals surface area (Å²) in [6.45, 7) is 1.65. The van der Waals surface area contributed by atoms with Crippen molar-refractivity contribution < 1.29 is 27.4 Å². The molecule has 1 unspecified atom stereocenters. The number of aryl methyl sites for hydroxylation is 1. The summed E-state index contributed by atoms with van der Waals surface area (Å²) >= 11 is 0. The third-order valence-electron chi connectivity index (χ3n) is 3.11. The molecule has 0 saturated heterocycles. The molecule has 0 aliphatic rings. The molecule has 0 saturated carbocycles. The maximum atomic E-state index is 13.0. The molecule has 0 heterocycles. The van der Waals surface area contributed by atoms with Crippen LogP contribution in [0.2, 0.25) is 0 Å². The van der Waals surface area contributed by atoms with Crippen molar-refractivity contribution in [3.63, 3.8) is 0 Å². The van der Waals surface area contributed by atoms with Crippen molar-refractivity contribution in [2.24, 2.45) is 0 Å². The van der Waals surface area contributed by atoms with Crippen molar-refractivity contribution in [1.29, 1.82) is 0 Å². The van der Waals surface area contributed by atoms with Crippen molar-refractivity contribution >= 4 is 5.97 Å². The van der Waals surface area contributed by atoms with Gasteiger partial charge in [-0.3, -0.25) is 0 Å². The molecule has 0 aliphatic carbocycles. The van der Waals surface area contributed by atoms with Crippen LogP contribution in [-0.2, 0) is 4.74 Å². The molecule has 0 fully saturated rings. The van der Waals surface area contributed by atoms with Gasteiger partial charge in [-0.05, 0) is 26.1 Å². The summed E-state index contributed by atoms with van der Waals surface area (Å²) in [5.41, 5.74) is 0.876. The summed E-state index contributed by atoms with van der Waals surface area (Å²) in [7, 11) is 2.85. The first-order chi connectivity index (χ1) is 10.8. The number of alkyl halides is 3. The molecule has 0 amide bonds. The van der Waals surface area contributed by atoms with Crippen molar-refractivity contribution in [1.82, 2.24) is 10.6 Å². The predicted molar refractivity (Wildman–Crippen MR) is 79.8 cm³/mol. The Morgan fingerprint density at radius 1 is 1.30 bits per heavy atom. The van der Waals surface area contributed by atoms with Crippen LogP contribution in [0.25, 0.3) is 0 Å². The minimum absolute atomic E-state index is 0.0621. The van der Waals surface area contributed by atoms with E-state index in [1.807, 2.05) is 0 Å². The number of nitrogens with one attached hydrogen (secondary N) is 2. The number of esters is 1. The second-order valence-electron chi connectivity index (χ2n) is 4.95. The number of benzene rings is 1. The average Bonchev–Trinajstić information content (AvgIpc) is 2.49. The van der Waals surface area contributed by atoms with Gasteiger partial charge >= 0.3 is 12.1 Å². The normalized spacial score (nSPS) is 12.8.